The lowest BCUT2D eigenvalue weighted by atomic mass is 9.96. The predicted molar refractivity (Wildman–Crippen MR) is 112 cm³/mol. The van der Waals surface area contributed by atoms with E-state index in [0.29, 0.717) is 25.3 Å². The number of aromatic nitrogens is 1. The van der Waals surface area contributed by atoms with Gasteiger partial charge in [-0.15, -0.1) is 0 Å². The standard InChI is InChI=1S/C23H28N2O3/c1-3-26-21-13-11-17(15-22(21)27-4-2)16-10-12-20-19(14-16)25-23(28-20)24-18-8-6-5-7-9-18/h10-15,18H,3-9H2,1-2H3,(H,24,25). The Balaban J connectivity index is 1.59. The maximum atomic E-state index is 5.91. The molecule has 1 fully saturated rings. The van der Waals surface area contributed by atoms with Gasteiger partial charge in [0.15, 0.2) is 17.1 Å². The summed E-state index contributed by atoms with van der Waals surface area (Å²) < 4.78 is 17.3. The summed E-state index contributed by atoms with van der Waals surface area (Å²) in [6.45, 7) is 5.16. The zero-order valence-corrected chi connectivity index (χ0v) is 16.7. The van der Waals surface area contributed by atoms with E-state index in [1.807, 2.05) is 32.0 Å². The average molecular weight is 380 g/mol. The molecule has 148 valence electrons. The van der Waals surface area contributed by atoms with E-state index in [2.05, 4.69) is 28.5 Å². The largest absolute Gasteiger partial charge is 0.490 e. The van der Waals surface area contributed by atoms with Crippen molar-refractivity contribution in [2.75, 3.05) is 18.5 Å². The molecule has 1 saturated carbocycles. The second-order valence-corrected chi connectivity index (χ2v) is 7.21. The Bertz CT molecular complexity index is 929. The number of nitrogens with zero attached hydrogens (tertiary/aromatic N) is 1. The predicted octanol–water partition coefficient (Wildman–Crippen LogP) is 6.04. The molecule has 0 radical (unpaired) electrons. The molecule has 0 aliphatic heterocycles. The van der Waals surface area contributed by atoms with Crippen LogP contribution in [-0.4, -0.2) is 24.2 Å². The van der Waals surface area contributed by atoms with Crippen molar-refractivity contribution < 1.29 is 13.9 Å². The highest BCUT2D eigenvalue weighted by Crippen LogP contribution is 2.34. The monoisotopic (exact) mass is 380 g/mol. The Labute approximate surface area is 166 Å². The fourth-order valence-corrected chi connectivity index (χ4v) is 3.82. The molecule has 1 aliphatic rings. The van der Waals surface area contributed by atoms with Crippen molar-refractivity contribution in [2.24, 2.45) is 0 Å². The molecule has 0 unspecified atom stereocenters. The maximum Gasteiger partial charge on any atom is 0.295 e. The highest BCUT2D eigenvalue weighted by Gasteiger charge is 2.16. The van der Waals surface area contributed by atoms with Gasteiger partial charge in [-0.25, -0.2) is 0 Å². The smallest absolute Gasteiger partial charge is 0.295 e. The molecule has 0 spiro atoms. The number of nitrogens with one attached hydrogen (secondary N) is 1. The molecule has 1 N–H and O–H groups in total. The first kappa shape index (κ1) is 18.7. The van der Waals surface area contributed by atoms with E-state index >= 15 is 0 Å². The molecule has 2 aromatic carbocycles. The Hall–Kier alpha value is -2.69. The topological polar surface area (TPSA) is 56.5 Å². The maximum absolute atomic E-state index is 5.91. The lowest BCUT2D eigenvalue weighted by molar-refractivity contribution is 0.288. The number of fused-ring (bicyclic) bond motifs is 1. The highest BCUT2D eigenvalue weighted by molar-refractivity contribution is 5.82. The number of hydrogen-bond acceptors (Lipinski definition) is 5. The lowest BCUT2D eigenvalue weighted by Gasteiger charge is -2.21. The van der Waals surface area contributed by atoms with E-state index in [9.17, 15) is 0 Å². The van der Waals surface area contributed by atoms with Gasteiger partial charge in [0.1, 0.15) is 5.52 Å². The Morgan fingerprint density at radius 1 is 0.929 bits per heavy atom. The van der Waals surface area contributed by atoms with Gasteiger partial charge in [0.05, 0.1) is 13.2 Å². The second kappa shape index (κ2) is 8.55. The number of rotatable bonds is 7. The summed E-state index contributed by atoms with van der Waals surface area (Å²) in [4.78, 5) is 4.67. The van der Waals surface area contributed by atoms with Gasteiger partial charge in [0, 0.05) is 6.04 Å². The lowest BCUT2D eigenvalue weighted by Crippen LogP contribution is -2.22. The summed E-state index contributed by atoms with van der Waals surface area (Å²) in [5.41, 5.74) is 3.81. The van der Waals surface area contributed by atoms with Crippen molar-refractivity contribution in [1.82, 2.24) is 4.98 Å². The van der Waals surface area contributed by atoms with Crippen molar-refractivity contribution in [3.05, 3.63) is 36.4 Å². The van der Waals surface area contributed by atoms with E-state index in [-0.39, 0.29) is 0 Å². The van der Waals surface area contributed by atoms with Crippen LogP contribution in [0, 0.1) is 0 Å². The van der Waals surface area contributed by atoms with Crippen LogP contribution >= 0.6 is 0 Å². The summed E-state index contributed by atoms with van der Waals surface area (Å²) in [6.07, 6.45) is 6.28. The second-order valence-electron chi connectivity index (χ2n) is 7.21. The van der Waals surface area contributed by atoms with Crippen molar-refractivity contribution >= 4 is 17.1 Å². The molecule has 5 nitrogen and oxygen atoms in total. The van der Waals surface area contributed by atoms with Gasteiger partial charge in [0.2, 0.25) is 0 Å². The van der Waals surface area contributed by atoms with Crippen LogP contribution in [0.4, 0.5) is 6.01 Å². The quantitative estimate of drug-likeness (QED) is 0.542. The van der Waals surface area contributed by atoms with E-state index in [0.717, 1.165) is 33.7 Å². The SMILES string of the molecule is CCOc1ccc(-c2ccc3oc(NC4CCCCC4)nc3c2)cc1OCC. The zero-order chi connectivity index (χ0) is 19.3. The molecule has 0 bridgehead atoms. The molecule has 3 aromatic rings. The van der Waals surface area contributed by atoms with Gasteiger partial charge >= 0.3 is 0 Å². The number of hydrogen-bond donors (Lipinski definition) is 1. The summed E-state index contributed by atoms with van der Waals surface area (Å²) >= 11 is 0. The van der Waals surface area contributed by atoms with E-state index in [1.165, 1.54) is 32.1 Å². The molecule has 4 rings (SSSR count). The molecule has 28 heavy (non-hydrogen) atoms. The van der Waals surface area contributed by atoms with E-state index in [4.69, 9.17) is 13.9 Å². The van der Waals surface area contributed by atoms with Crippen LogP contribution in [0.3, 0.4) is 0 Å². The number of anilines is 1. The van der Waals surface area contributed by atoms with Crippen molar-refractivity contribution in [2.45, 2.75) is 52.0 Å². The summed E-state index contributed by atoms with van der Waals surface area (Å²) in [5, 5.41) is 3.46. The highest BCUT2D eigenvalue weighted by atomic mass is 16.5. The molecular formula is C23H28N2O3. The van der Waals surface area contributed by atoms with Crippen LogP contribution in [0.5, 0.6) is 11.5 Å². The molecule has 0 amide bonds. The van der Waals surface area contributed by atoms with Gasteiger partial charge in [-0.3, -0.25) is 0 Å². The van der Waals surface area contributed by atoms with Crippen LogP contribution in [0.1, 0.15) is 46.0 Å². The normalized spacial score (nSPS) is 14.9. The fraction of sp³-hybridized carbons (Fsp3) is 0.435. The van der Waals surface area contributed by atoms with Gasteiger partial charge in [-0.2, -0.15) is 4.98 Å². The third-order valence-corrected chi connectivity index (χ3v) is 5.20. The van der Waals surface area contributed by atoms with Crippen molar-refractivity contribution in [3.63, 3.8) is 0 Å². The average Bonchev–Trinajstić information content (AvgIpc) is 3.12. The number of benzene rings is 2. The first-order chi connectivity index (χ1) is 13.8. The third kappa shape index (κ3) is 4.08. The Morgan fingerprint density at radius 2 is 1.64 bits per heavy atom. The van der Waals surface area contributed by atoms with Gasteiger partial charge in [-0.05, 0) is 62.1 Å². The minimum Gasteiger partial charge on any atom is -0.490 e. The summed E-state index contributed by atoms with van der Waals surface area (Å²) in [5.74, 6) is 1.54. The van der Waals surface area contributed by atoms with Crippen LogP contribution in [0.2, 0.25) is 0 Å². The van der Waals surface area contributed by atoms with Gasteiger partial charge in [-0.1, -0.05) is 31.4 Å². The van der Waals surface area contributed by atoms with Crippen LogP contribution in [0.25, 0.3) is 22.2 Å². The summed E-state index contributed by atoms with van der Waals surface area (Å²) in [6, 6.07) is 13.3. The minimum atomic E-state index is 0.473. The Morgan fingerprint density at radius 3 is 2.43 bits per heavy atom. The summed E-state index contributed by atoms with van der Waals surface area (Å²) in [7, 11) is 0. The van der Waals surface area contributed by atoms with Crippen LogP contribution in [-0.2, 0) is 0 Å². The molecule has 1 aromatic heterocycles. The molecule has 5 heteroatoms. The first-order valence-corrected chi connectivity index (χ1v) is 10.3. The van der Waals surface area contributed by atoms with E-state index in [1.54, 1.807) is 0 Å². The first-order valence-electron chi connectivity index (χ1n) is 10.3. The van der Waals surface area contributed by atoms with Gasteiger partial charge < -0.3 is 19.2 Å². The molecule has 0 atom stereocenters. The number of ether oxygens (including phenoxy) is 2. The minimum absolute atomic E-state index is 0.473. The number of oxazole rings is 1. The zero-order valence-electron chi connectivity index (χ0n) is 16.7. The molecule has 0 saturated heterocycles. The molecular weight excluding hydrogens is 352 g/mol. The van der Waals surface area contributed by atoms with Gasteiger partial charge in [0.25, 0.3) is 6.01 Å². The molecule has 1 heterocycles. The third-order valence-electron chi connectivity index (χ3n) is 5.20. The molecule has 1 aliphatic carbocycles. The van der Waals surface area contributed by atoms with Crippen LogP contribution < -0.4 is 14.8 Å². The van der Waals surface area contributed by atoms with Crippen molar-refractivity contribution in [3.8, 4) is 22.6 Å². The van der Waals surface area contributed by atoms with Crippen molar-refractivity contribution in [1.29, 1.82) is 0 Å². The Kier molecular flexibility index (Phi) is 5.70. The fourth-order valence-electron chi connectivity index (χ4n) is 3.82. The van der Waals surface area contributed by atoms with E-state index < -0.39 is 0 Å². The van der Waals surface area contributed by atoms with Crippen LogP contribution in [0.15, 0.2) is 40.8 Å².